The lowest BCUT2D eigenvalue weighted by Crippen LogP contribution is -2.44. The Morgan fingerprint density at radius 3 is 2.60 bits per heavy atom. The molecule has 2 aromatic carbocycles. The van der Waals surface area contributed by atoms with E-state index in [2.05, 4.69) is 20.5 Å². The van der Waals surface area contributed by atoms with E-state index < -0.39 is 12.0 Å². The lowest BCUT2D eigenvalue weighted by Gasteiger charge is -2.39. The van der Waals surface area contributed by atoms with Crippen molar-refractivity contribution in [2.45, 2.75) is 12.0 Å². The molecule has 0 unspecified atom stereocenters. The summed E-state index contributed by atoms with van der Waals surface area (Å²) < 4.78 is 10.8. The van der Waals surface area contributed by atoms with Gasteiger partial charge in [0.1, 0.15) is 6.33 Å². The second kappa shape index (κ2) is 7.86. The number of hydrogen-bond acceptors (Lipinski definition) is 6. The van der Waals surface area contributed by atoms with E-state index in [1.165, 1.54) is 6.33 Å². The summed E-state index contributed by atoms with van der Waals surface area (Å²) in [4.78, 5) is 32.0. The number of aromatic nitrogens is 3. The standard InChI is InChI=1S/C21H21N5O4/c1-26-18(12-8-9-15(29-2)16(10-12)30-3)17(19(27)24-21-22-11-23-25-21)13-6-4-5-7-14(13)20(26)28/h4-11,17-18H,1-3H3,(H2,22,23,24,25,27)/t17-,18-/m1/s1. The van der Waals surface area contributed by atoms with Gasteiger partial charge in [0, 0.05) is 12.6 Å². The van der Waals surface area contributed by atoms with E-state index in [1.807, 2.05) is 12.1 Å². The minimum atomic E-state index is -0.674. The average Bonchev–Trinajstić information content (AvgIpc) is 3.28. The Hall–Kier alpha value is -3.88. The number of rotatable bonds is 5. The molecule has 0 bridgehead atoms. The summed E-state index contributed by atoms with van der Waals surface area (Å²) in [6, 6.07) is 12.0. The van der Waals surface area contributed by atoms with Crippen LogP contribution in [0.15, 0.2) is 48.8 Å². The summed E-state index contributed by atoms with van der Waals surface area (Å²) in [5.41, 5.74) is 1.89. The minimum Gasteiger partial charge on any atom is -0.493 e. The van der Waals surface area contributed by atoms with E-state index in [9.17, 15) is 9.59 Å². The number of anilines is 1. The molecular formula is C21H21N5O4. The number of nitrogens with zero attached hydrogens (tertiary/aromatic N) is 3. The molecule has 2 N–H and O–H groups in total. The van der Waals surface area contributed by atoms with E-state index in [0.29, 0.717) is 22.6 Å². The van der Waals surface area contributed by atoms with Gasteiger partial charge in [0.15, 0.2) is 11.5 Å². The first kappa shape index (κ1) is 19.4. The number of carbonyl (C=O) groups excluding carboxylic acids is 2. The number of H-pyrrole nitrogens is 1. The third kappa shape index (κ3) is 3.24. The highest BCUT2D eigenvalue weighted by Crippen LogP contribution is 2.44. The molecular weight excluding hydrogens is 386 g/mol. The van der Waals surface area contributed by atoms with E-state index in [0.717, 1.165) is 5.56 Å². The fourth-order valence-corrected chi connectivity index (χ4v) is 3.87. The van der Waals surface area contributed by atoms with Crippen molar-refractivity contribution in [1.82, 2.24) is 20.1 Å². The Balaban J connectivity index is 1.84. The summed E-state index contributed by atoms with van der Waals surface area (Å²) in [5, 5.41) is 9.15. The van der Waals surface area contributed by atoms with Gasteiger partial charge in [-0.25, -0.2) is 5.10 Å². The van der Waals surface area contributed by atoms with Gasteiger partial charge in [-0.15, -0.1) is 0 Å². The molecule has 0 saturated heterocycles. The van der Waals surface area contributed by atoms with Crippen molar-refractivity contribution in [2.24, 2.45) is 0 Å². The molecule has 9 nitrogen and oxygen atoms in total. The van der Waals surface area contributed by atoms with Crippen LogP contribution in [0.2, 0.25) is 0 Å². The molecule has 2 amide bonds. The number of amides is 2. The molecule has 2 heterocycles. The second-order valence-electron chi connectivity index (χ2n) is 6.86. The number of benzene rings is 2. The first-order valence-corrected chi connectivity index (χ1v) is 9.29. The van der Waals surface area contributed by atoms with Crippen LogP contribution in [0.5, 0.6) is 11.5 Å². The van der Waals surface area contributed by atoms with Crippen LogP contribution in [0.4, 0.5) is 5.95 Å². The Kier molecular flexibility index (Phi) is 5.09. The summed E-state index contributed by atoms with van der Waals surface area (Å²) in [6.45, 7) is 0. The van der Waals surface area contributed by atoms with Crippen LogP contribution < -0.4 is 14.8 Å². The predicted octanol–water partition coefficient (Wildman–Crippen LogP) is 2.37. The molecule has 0 fully saturated rings. The highest BCUT2D eigenvalue weighted by atomic mass is 16.5. The average molecular weight is 407 g/mol. The van der Waals surface area contributed by atoms with Gasteiger partial charge in [-0.3, -0.25) is 14.9 Å². The molecule has 1 aliphatic heterocycles. The van der Waals surface area contributed by atoms with Crippen LogP contribution in [-0.4, -0.2) is 53.2 Å². The van der Waals surface area contributed by atoms with Crippen LogP contribution in [0.25, 0.3) is 0 Å². The first-order chi connectivity index (χ1) is 14.5. The van der Waals surface area contributed by atoms with Crippen molar-refractivity contribution in [3.05, 3.63) is 65.5 Å². The van der Waals surface area contributed by atoms with Gasteiger partial charge >= 0.3 is 0 Å². The summed E-state index contributed by atoms with van der Waals surface area (Å²) >= 11 is 0. The maximum absolute atomic E-state index is 13.3. The lowest BCUT2D eigenvalue weighted by molar-refractivity contribution is -0.119. The Morgan fingerprint density at radius 2 is 1.90 bits per heavy atom. The van der Waals surface area contributed by atoms with Crippen LogP contribution in [0.1, 0.15) is 33.4 Å². The predicted molar refractivity (Wildman–Crippen MR) is 109 cm³/mol. The van der Waals surface area contributed by atoms with Gasteiger partial charge in [0.05, 0.1) is 26.2 Å². The zero-order valence-corrected chi connectivity index (χ0v) is 16.7. The van der Waals surface area contributed by atoms with Gasteiger partial charge in [-0.1, -0.05) is 24.3 Å². The smallest absolute Gasteiger partial charge is 0.254 e. The molecule has 154 valence electrons. The van der Waals surface area contributed by atoms with Crippen LogP contribution in [-0.2, 0) is 4.79 Å². The molecule has 2 atom stereocenters. The fraction of sp³-hybridized carbons (Fsp3) is 0.238. The first-order valence-electron chi connectivity index (χ1n) is 9.29. The van der Waals surface area contributed by atoms with E-state index in [-0.39, 0.29) is 17.8 Å². The van der Waals surface area contributed by atoms with Crippen LogP contribution in [0.3, 0.4) is 0 Å². The third-order valence-electron chi connectivity index (χ3n) is 5.27. The number of aromatic amines is 1. The molecule has 0 aliphatic carbocycles. The lowest BCUT2D eigenvalue weighted by atomic mass is 9.79. The van der Waals surface area contributed by atoms with Crippen LogP contribution in [0, 0.1) is 0 Å². The monoisotopic (exact) mass is 407 g/mol. The maximum Gasteiger partial charge on any atom is 0.254 e. The number of likely N-dealkylation sites (N-methyl/N-ethyl adjacent to an activating group) is 1. The van der Waals surface area contributed by atoms with Crippen molar-refractivity contribution < 1.29 is 19.1 Å². The van der Waals surface area contributed by atoms with Crippen molar-refractivity contribution >= 4 is 17.8 Å². The molecule has 1 aliphatic rings. The zero-order valence-electron chi connectivity index (χ0n) is 16.7. The number of ether oxygens (including phenoxy) is 2. The number of carbonyl (C=O) groups is 2. The van der Waals surface area contributed by atoms with E-state index >= 15 is 0 Å². The Morgan fingerprint density at radius 1 is 1.13 bits per heavy atom. The SMILES string of the molecule is COc1ccc([C@@H]2[C@H](C(=O)Nc3ncn[nH]3)c3ccccc3C(=O)N2C)cc1OC. The highest BCUT2D eigenvalue weighted by molar-refractivity contribution is 6.03. The second-order valence-corrected chi connectivity index (χ2v) is 6.86. The largest absolute Gasteiger partial charge is 0.493 e. The molecule has 1 aromatic heterocycles. The molecule has 4 rings (SSSR count). The van der Waals surface area contributed by atoms with Gasteiger partial charge in [0.25, 0.3) is 5.91 Å². The third-order valence-corrected chi connectivity index (χ3v) is 5.27. The van der Waals surface area contributed by atoms with Gasteiger partial charge < -0.3 is 14.4 Å². The van der Waals surface area contributed by atoms with Crippen molar-refractivity contribution in [3.63, 3.8) is 0 Å². The van der Waals surface area contributed by atoms with E-state index in [4.69, 9.17) is 9.47 Å². The molecule has 3 aromatic rings. The molecule has 0 saturated carbocycles. The normalized spacial score (nSPS) is 18.0. The fourth-order valence-electron chi connectivity index (χ4n) is 3.87. The maximum atomic E-state index is 13.3. The van der Waals surface area contributed by atoms with Gasteiger partial charge in [-0.2, -0.15) is 10.1 Å². The topological polar surface area (TPSA) is 109 Å². The summed E-state index contributed by atoms with van der Waals surface area (Å²) in [7, 11) is 4.78. The van der Waals surface area contributed by atoms with Crippen molar-refractivity contribution in [3.8, 4) is 11.5 Å². The van der Waals surface area contributed by atoms with Crippen LogP contribution >= 0.6 is 0 Å². The highest BCUT2D eigenvalue weighted by Gasteiger charge is 2.43. The molecule has 0 spiro atoms. The Bertz CT molecular complexity index is 1080. The molecule has 0 radical (unpaired) electrons. The number of methoxy groups -OCH3 is 2. The van der Waals surface area contributed by atoms with E-state index in [1.54, 1.807) is 56.5 Å². The summed E-state index contributed by atoms with van der Waals surface area (Å²) in [6.07, 6.45) is 1.31. The molecule has 30 heavy (non-hydrogen) atoms. The Labute approximate surface area is 173 Å². The quantitative estimate of drug-likeness (QED) is 0.672. The summed E-state index contributed by atoms with van der Waals surface area (Å²) in [5.74, 6) is 0.181. The number of hydrogen-bond donors (Lipinski definition) is 2. The minimum absolute atomic E-state index is 0.158. The molecule has 9 heteroatoms. The number of fused-ring (bicyclic) bond motifs is 1. The van der Waals surface area contributed by atoms with Crippen molar-refractivity contribution in [2.75, 3.05) is 26.6 Å². The zero-order chi connectivity index (χ0) is 21.3. The number of nitrogens with one attached hydrogen (secondary N) is 2. The van der Waals surface area contributed by atoms with Crippen molar-refractivity contribution in [1.29, 1.82) is 0 Å². The van der Waals surface area contributed by atoms with Gasteiger partial charge in [0.2, 0.25) is 11.9 Å². The van der Waals surface area contributed by atoms with Gasteiger partial charge in [-0.05, 0) is 29.3 Å².